The van der Waals surface area contributed by atoms with Gasteiger partial charge in [-0.15, -0.1) is 0 Å². The molecule has 19 heavy (non-hydrogen) atoms. The van der Waals surface area contributed by atoms with Gasteiger partial charge in [0, 0.05) is 0 Å². The lowest BCUT2D eigenvalue weighted by atomic mass is 9.79. The molecule has 1 aromatic carbocycles. The van der Waals surface area contributed by atoms with Crippen molar-refractivity contribution in [3.63, 3.8) is 0 Å². The van der Waals surface area contributed by atoms with Crippen LogP contribution in [0.3, 0.4) is 0 Å². The van der Waals surface area contributed by atoms with Crippen LogP contribution in [0.1, 0.15) is 49.7 Å². The molecule has 0 saturated carbocycles. The minimum Gasteiger partial charge on any atom is -0.309 e. The molecule has 3 heteroatoms. The molecule has 2 atom stereocenters. The van der Waals surface area contributed by atoms with Gasteiger partial charge in [0.05, 0.1) is 6.04 Å². The van der Waals surface area contributed by atoms with Crippen LogP contribution in [0.25, 0.3) is 0 Å². The van der Waals surface area contributed by atoms with Crippen molar-refractivity contribution >= 4 is 0 Å². The van der Waals surface area contributed by atoms with Crippen LogP contribution in [0.2, 0.25) is 0 Å². The maximum absolute atomic E-state index is 13.1. The molecule has 0 heterocycles. The minimum absolute atomic E-state index is 0.285. The molecular weight excluding hydrogens is 244 g/mol. The van der Waals surface area contributed by atoms with Gasteiger partial charge in [0.1, 0.15) is 0 Å². The van der Waals surface area contributed by atoms with Gasteiger partial charge in [-0.1, -0.05) is 31.2 Å². The van der Waals surface area contributed by atoms with Crippen LogP contribution >= 0.6 is 0 Å². The Labute approximate surface area is 114 Å². The number of benzene rings is 1. The van der Waals surface area contributed by atoms with E-state index < -0.39 is 12.5 Å². The van der Waals surface area contributed by atoms with Crippen LogP contribution in [0, 0.1) is 0 Å². The first kappa shape index (κ1) is 14.4. The van der Waals surface area contributed by atoms with Crippen molar-refractivity contribution in [2.45, 2.75) is 57.4 Å². The number of hydrogen-bond acceptors (Lipinski definition) is 1. The lowest BCUT2D eigenvalue weighted by Gasteiger charge is -2.29. The van der Waals surface area contributed by atoms with Crippen molar-refractivity contribution in [2.24, 2.45) is 0 Å². The Hall–Kier alpha value is -0.960. The second-order valence-electron chi connectivity index (χ2n) is 5.42. The Morgan fingerprint density at radius 1 is 1.32 bits per heavy atom. The summed E-state index contributed by atoms with van der Waals surface area (Å²) >= 11 is 0. The largest absolute Gasteiger partial charge is 0.309 e. The van der Waals surface area contributed by atoms with Gasteiger partial charge in [-0.2, -0.15) is 0 Å². The van der Waals surface area contributed by atoms with Crippen molar-refractivity contribution in [3.8, 4) is 0 Å². The fourth-order valence-corrected chi connectivity index (χ4v) is 3.01. The highest BCUT2D eigenvalue weighted by Crippen LogP contribution is 2.35. The summed E-state index contributed by atoms with van der Waals surface area (Å²) < 4.78 is 26.2. The molecule has 1 aliphatic carbocycles. The van der Waals surface area contributed by atoms with Gasteiger partial charge in [-0.3, -0.25) is 0 Å². The van der Waals surface area contributed by atoms with E-state index in [0.29, 0.717) is 13.0 Å². The quantitative estimate of drug-likeness (QED) is 0.817. The molecule has 1 aliphatic rings. The zero-order valence-corrected chi connectivity index (χ0v) is 11.5. The monoisotopic (exact) mass is 267 g/mol. The lowest BCUT2D eigenvalue weighted by molar-refractivity contribution is 0.0895. The second-order valence-corrected chi connectivity index (χ2v) is 5.42. The van der Waals surface area contributed by atoms with Gasteiger partial charge >= 0.3 is 0 Å². The lowest BCUT2D eigenvalue weighted by Crippen LogP contribution is -2.37. The van der Waals surface area contributed by atoms with E-state index in [2.05, 4.69) is 17.4 Å². The number of nitrogens with one attached hydrogen (secondary N) is 1. The van der Waals surface area contributed by atoms with E-state index >= 15 is 0 Å². The Bertz CT molecular complexity index is 392. The van der Waals surface area contributed by atoms with Gasteiger partial charge in [0.2, 0.25) is 0 Å². The Morgan fingerprint density at radius 3 is 2.84 bits per heavy atom. The Kier molecular flexibility index (Phi) is 5.32. The van der Waals surface area contributed by atoms with E-state index in [1.807, 2.05) is 19.1 Å². The Morgan fingerprint density at radius 2 is 2.11 bits per heavy atom. The zero-order chi connectivity index (χ0) is 13.7. The first-order chi connectivity index (χ1) is 9.22. The molecule has 1 aromatic rings. The van der Waals surface area contributed by atoms with Crippen molar-refractivity contribution < 1.29 is 8.78 Å². The third-order valence-electron chi connectivity index (χ3n) is 3.99. The van der Waals surface area contributed by atoms with Crippen molar-refractivity contribution in [2.75, 3.05) is 6.54 Å². The van der Waals surface area contributed by atoms with Crippen molar-refractivity contribution in [1.82, 2.24) is 5.32 Å². The molecule has 0 fully saturated rings. The molecule has 1 N–H and O–H groups in total. The third-order valence-corrected chi connectivity index (χ3v) is 3.99. The maximum Gasteiger partial charge on any atom is 0.253 e. The molecular formula is C16H23F2N. The molecule has 2 rings (SSSR count). The molecule has 1 nitrogen and oxygen atoms in total. The van der Waals surface area contributed by atoms with Crippen LogP contribution in [0.15, 0.2) is 24.3 Å². The summed E-state index contributed by atoms with van der Waals surface area (Å²) in [4.78, 5) is 0. The number of rotatable bonds is 6. The number of fused-ring (bicyclic) bond motifs is 1. The normalized spacial score (nSPS) is 20.3. The summed E-state index contributed by atoms with van der Waals surface area (Å²) in [6.45, 7) is 2.68. The van der Waals surface area contributed by atoms with E-state index in [1.165, 1.54) is 11.1 Å². The molecule has 0 saturated heterocycles. The predicted molar refractivity (Wildman–Crippen MR) is 74.8 cm³/mol. The first-order valence-electron chi connectivity index (χ1n) is 7.31. The molecule has 0 aromatic heterocycles. The zero-order valence-electron chi connectivity index (χ0n) is 11.5. The highest BCUT2D eigenvalue weighted by molar-refractivity contribution is 5.32. The van der Waals surface area contributed by atoms with Gasteiger partial charge in [-0.25, -0.2) is 8.78 Å². The van der Waals surface area contributed by atoms with Crippen LogP contribution in [-0.4, -0.2) is 19.0 Å². The first-order valence-corrected chi connectivity index (χ1v) is 7.31. The summed E-state index contributed by atoms with van der Waals surface area (Å²) in [6.07, 6.45) is 2.41. The summed E-state index contributed by atoms with van der Waals surface area (Å²) in [7, 11) is 0. The fraction of sp³-hybridized carbons (Fsp3) is 0.625. The molecule has 0 spiro atoms. The molecule has 2 unspecified atom stereocenters. The van der Waals surface area contributed by atoms with E-state index in [1.54, 1.807) is 0 Å². The number of alkyl halides is 2. The van der Waals surface area contributed by atoms with Gasteiger partial charge in [0.15, 0.2) is 0 Å². The van der Waals surface area contributed by atoms with Crippen molar-refractivity contribution in [3.05, 3.63) is 35.4 Å². The molecule has 106 valence electrons. The molecule has 0 bridgehead atoms. The summed E-state index contributed by atoms with van der Waals surface area (Å²) in [6, 6.07) is 7.64. The summed E-state index contributed by atoms with van der Waals surface area (Å²) in [5, 5.41) is 3.00. The second kappa shape index (κ2) is 6.99. The summed E-state index contributed by atoms with van der Waals surface area (Å²) in [5.74, 6) is 0.285. The smallest absolute Gasteiger partial charge is 0.253 e. The van der Waals surface area contributed by atoms with Crippen LogP contribution in [0.4, 0.5) is 8.78 Å². The fourth-order valence-electron chi connectivity index (χ4n) is 3.01. The van der Waals surface area contributed by atoms with Crippen LogP contribution in [-0.2, 0) is 6.42 Å². The average Bonchev–Trinajstić information content (AvgIpc) is 2.43. The highest BCUT2D eigenvalue weighted by Gasteiger charge is 2.27. The molecule has 0 amide bonds. The number of aryl methyl sites for hydroxylation is 1. The third kappa shape index (κ3) is 3.75. The van der Waals surface area contributed by atoms with Gasteiger partial charge in [0.25, 0.3) is 6.43 Å². The predicted octanol–water partition coefficient (Wildman–Crippen LogP) is 4.13. The van der Waals surface area contributed by atoms with E-state index in [9.17, 15) is 8.78 Å². The van der Waals surface area contributed by atoms with Crippen molar-refractivity contribution in [1.29, 1.82) is 0 Å². The van der Waals surface area contributed by atoms with Gasteiger partial charge < -0.3 is 5.32 Å². The van der Waals surface area contributed by atoms with Crippen LogP contribution in [0.5, 0.6) is 0 Å². The topological polar surface area (TPSA) is 12.0 Å². The van der Waals surface area contributed by atoms with Gasteiger partial charge in [-0.05, 0) is 55.7 Å². The number of hydrogen-bond donors (Lipinski definition) is 1. The standard InChI is InChI=1S/C16H23F2N/c1-2-10-19-15(16(17)18)11-13-8-5-7-12-6-3-4-9-14(12)13/h3-4,6,9,13,15-16,19H,2,5,7-8,10-11H2,1H3. The molecule has 0 radical (unpaired) electrons. The van der Waals surface area contributed by atoms with E-state index in [0.717, 1.165) is 25.7 Å². The van der Waals surface area contributed by atoms with E-state index in [-0.39, 0.29) is 5.92 Å². The van der Waals surface area contributed by atoms with Crippen LogP contribution < -0.4 is 5.32 Å². The minimum atomic E-state index is -2.28. The average molecular weight is 267 g/mol. The Balaban J connectivity index is 2.05. The maximum atomic E-state index is 13.1. The summed E-state index contributed by atoms with van der Waals surface area (Å²) in [5.41, 5.74) is 2.64. The number of halogens is 2. The molecule has 0 aliphatic heterocycles. The highest BCUT2D eigenvalue weighted by atomic mass is 19.3. The van der Waals surface area contributed by atoms with E-state index in [4.69, 9.17) is 0 Å². The SMILES string of the molecule is CCCNC(CC1CCCc2ccccc21)C(F)F.